The van der Waals surface area contributed by atoms with E-state index < -0.39 is 22.5 Å². The topological polar surface area (TPSA) is 100 Å². The number of fused-ring (bicyclic) bond motifs is 1. The first-order chi connectivity index (χ1) is 14.4. The summed E-state index contributed by atoms with van der Waals surface area (Å²) >= 11 is 0. The number of rotatable bonds is 8. The Balaban J connectivity index is 1.68. The van der Waals surface area contributed by atoms with Crippen molar-refractivity contribution in [1.82, 2.24) is 4.72 Å². The Morgan fingerprint density at radius 3 is 2.13 bits per heavy atom. The molecular formula is C21H21NO7S. The average Bonchev–Trinajstić information content (AvgIpc) is 2.76. The van der Waals surface area contributed by atoms with Crippen LogP contribution in [-0.4, -0.2) is 42.3 Å². The summed E-state index contributed by atoms with van der Waals surface area (Å²) in [7, 11) is 0.305. The summed E-state index contributed by atoms with van der Waals surface area (Å²) in [5, 5.41) is 1.84. The van der Waals surface area contributed by atoms with E-state index >= 15 is 0 Å². The van der Waals surface area contributed by atoms with Gasteiger partial charge in [0.15, 0.2) is 18.1 Å². The Labute approximate surface area is 174 Å². The van der Waals surface area contributed by atoms with Crippen LogP contribution in [0.3, 0.4) is 0 Å². The first-order valence-corrected chi connectivity index (χ1v) is 10.3. The second kappa shape index (κ2) is 8.91. The van der Waals surface area contributed by atoms with Crippen molar-refractivity contribution < 1.29 is 32.2 Å². The van der Waals surface area contributed by atoms with Gasteiger partial charge in [-0.05, 0) is 47.2 Å². The van der Waals surface area contributed by atoms with Gasteiger partial charge in [0.1, 0.15) is 11.5 Å². The summed E-state index contributed by atoms with van der Waals surface area (Å²) in [6, 6.07) is 14.9. The zero-order chi connectivity index (χ0) is 21.7. The van der Waals surface area contributed by atoms with Crippen molar-refractivity contribution in [3.8, 4) is 23.0 Å². The molecule has 0 spiro atoms. The SMILES string of the molecule is COc1ccc2ccc(OCC(=O)NS(=O)(=O)c3ccc(OC)c(OC)c3)cc2c1. The summed E-state index contributed by atoms with van der Waals surface area (Å²) < 4.78 is 47.7. The summed E-state index contributed by atoms with van der Waals surface area (Å²) in [6.45, 7) is -0.470. The highest BCUT2D eigenvalue weighted by atomic mass is 32.2. The van der Waals surface area contributed by atoms with E-state index in [-0.39, 0.29) is 10.6 Å². The van der Waals surface area contributed by atoms with E-state index in [9.17, 15) is 13.2 Å². The van der Waals surface area contributed by atoms with E-state index in [0.717, 1.165) is 10.8 Å². The van der Waals surface area contributed by atoms with Crippen LogP contribution in [0.1, 0.15) is 0 Å². The maximum absolute atomic E-state index is 12.5. The van der Waals surface area contributed by atoms with Crippen molar-refractivity contribution in [2.45, 2.75) is 4.90 Å². The Kier molecular flexibility index (Phi) is 6.31. The third-order valence-corrected chi connectivity index (χ3v) is 5.67. The number of hydrogen-bond donors (Lipinski definition) is 1. The largest absolute Gasteiger partial charge is 0.497 e. The third kappa shape index (κ3) is 4.74. The lowest BCUT2D eigenvalue weighted by atomic mass is 10.1. The molecule has 0 bridgehead atoms. The van der Waals surface area contributed by atoms with Gasteiger partial charge in [-0.15, -0.1) is 0 Å². The molecule has 1 amide bonds. The first kappa shape index (κ1) is 21.3. The minimum absolute atomic E-state index is 0.133. The molecule has 0 aliphatic rings. The van der Waals surface area contributed by atoms with Gasteiger partial charge in [-0.1, -0.05) is 12.1 Å². The molecule has 9 heteroatoms. The highest BCUT2D eigenvalue weighted by Gasteiger charge is 2.20. The number of amides is 1. The van der Waals surface area contributed by atoms with Crippen molar-refractivity contribution in [3.63, 3.8) is 0 Å². The number of methoxy groups -OCH3 is 3. The van der Waals surface area contributed by atoms with Gasteiger partial charge in [-0.3, -0.25) is 4.79 Å². The molecule has 0 saturated carbocycles. The monoisotopic (exact) mass is 431 g/mol. The Hall–Kier alpha value is -3.46. The molecule has 3 aromatic rings. The fourth-order valence-corrected chi connectivity index (χ4v) is 3.78. The third-order valence-electron chi connectivity index (χ3n) is 4.30. The van der Waals surface area contributed by atoms with Crippen molar-refractivity contribution in [2.75, 3.05) is 27.9 Å². The van der Waals surface area contributed by atoms with Crippen LogP contribution >= 0.6 is 0 Å². The first-order valence-electron chi connectivity index (χ1n) is 8.84. The van der Waals surface area contributed by atoms with E-state index in [1.54, 1.807) is 19.2 Å². The van der Waals surface area contributed by atoms with Gasteiger partial charge in [0.05, 0.1) is 26.2 Å². The van der Waals surface area contributed by atoms with Gasteiger partial charge in [0.2, 0.25) is 0 Å². The molecule has 0 aliphatic carbocycles. The maximum atomic E-state index is 12.5. The lowest BCUT2D eigenvalue weighted by Gasteiger charge is -2.12. The van der Waals surface area contributed by atoms with Gasteiger partial charge in [-0.25, -0.2) is 13.1 Å². The normalized spacial score (nSPS) is 11.0. The zero-order valence-corrected chi connectivity index (χ0v) is 17.5. The van der Waals surface area contributed by atoms with Crippen LogP contribution in [0.25, 0.3) is 10.8 Å². The molecule has 158 valence electrons. The molecule has 0 saturated heterocycles. The van der Waals surface area contributed by atoms with Crippen molar-refractivity contribution in [3.05, 3.63) is 54.6 Å². The van der Waals surface area contributed by atoms with Crippen LogP contribution in [0.4, 0.5) is 0 Å². The minimum Gasteiger partial charge on any atom is -0.497 e. The molecular weight excluding hydrogens is 410 g/mol. The van der Waals surface area contributed by atoms with Gasteiger partial charge >= 0.3 is 0 Å². The molecule has 0 fully saturated rings. The number of carbonyl (C=O) groups excluding carboxylic acids is 1. The number of nitrogens with one attached hydrogen (secondary N) is 1. The summed E-state index contributed by atoms with van der Waals surface area (Å²) in [6.07, 6.45) is 0. The number of hydrogen-bond acceptors (Lipinski definition) is 7. The predicted molar refractivity (Wildman–Crippen MR) is 111 cm³/mol. The summed E-state index contributed by atoms with van der Waals surface area (Å²) in [5.74, 6) is 0.915. The quantitative estimate of drug-likeness (QED) is 0.585. The highest BCUT2D eigenvalue weighted by molar-refractivity contribution is 7.90. The molecule has 0 radical (unpaired) electrons. The number of ether oxygens (including phenoxy) is 4. The van der Waals surface area contributed by atoms with Gasteiger partial charge < -0.3 is 18.9 Å². The fraction of sp³-hybridized carbons (Fsp3) is 0.190. The van der Waals surface area contributed by atoms with E-state index in [2.05, 4.69) is 0 Å². The lowest BCUT2D eigenvalue weighted by Crippen LogP contribution is -2.34. The fourth-order valence-electron chi connectivity index (χ4n) is 2.79. The highest BCUT2D eigenvalue weighted by Crippen LogP contribution is 2.29. The van der Waals surface area contributed by atoms with E-state index in [1.165, 1.54) is 32.4 Å². The Morgan fingerprint density at radius 2 is 1.47 bits per heavy atom. The van der Waals surface area contributed by atoms with Gasteiger partial charge in [0, 0.05) is 6.07 Å². The van der Waals surface area contributed by atoms with E-state index in [0.29, 0.717) is 17.2 Å². The summed E-state index contributed by atoms with van der Waals surface area (Å²) in [4.78, 5) is 12.0. The van der Waals surface area contributed by atoms with Crippen LogP contribution in [0.5, 0.6) is 23.0 Å². The van der Waals surface area contributed by atoms with Crippen LogP contribution < -0.4 is 23.7 Å². The second-order valence-electron chi connectivity index (χ2n) is 6.21. The smallest absolute Gasteiger partial charge is 0.271 e. The molecule has 1 N–H and O–H groups in total. The number of carbonyl (C=O) groups is 1. The molecule has 0 atom stereocenters. The van der Waals surface area contributed by atoms with Gasteiger partial charge in [-0.2, -0.15) is 0 Å². The van der Waals surface area contributed by atoms with Crippen molar-refractivity contribution >= 4 is 26.7 Å². The maximum Gasteiger partial charge on any atom is 0.271 e. The van der Waals surface area contributed by atoms with Crippen LogP contribution in [0.2, 0.25) is 0 Å². The zero-order valence-electron chi connectivity index (χ0n) is 16.7. The van der Waals surface area contributed by atoms with Crippen molar-refractivity contribution in [2.24, 2.45) is 0 Å². The minimum atomic E-state index is -4.10. The Bertz CT molecular complexity index is 1180. The molecule has 0 aromatic heterocycles. The molecule has 0 aliphatic heterocycles. The van der Waals surface area contributed by atoms with Crippen LogP contribution in [0.15, 0.2) is 59.5 Å². The molecule has 8 nitrogen and oxygen atoms in total. The predicted octanol–water partition coefficient (Wildman–Crippen LogP) is 2.75. The van der Waals surface area contributed by atoms with E-state index in [1.807, 2.05) is 29.0 Å². The number of benzene rings is 3. The lowest BCUT2D eigenvalue weighted by molar-refractivity contribution is -0.121. The molecule has 3 aromatic carbocycles. The molecule has 3 rings (SSSR count). The molecule has 30 heavy (non-hydrogen) atoms. The number of sulfonamides is 1. The second-order valence-corrected chi connectivity index (χ2v) is 7.89. The van der Waals surface area contributed by atoms with Crippen LogP contribution in [-0.2, 0) is 14.8 Å². The van der Waals surface area contributed by atoms with E-state index in [4.69, 9.17) is 18.9 Å². The molecule has 0 heterocycles. The standard InChI is InChI=1S/C21H21NO7S/c1-26-16-6-4-14-5-7-17(11-15(14)10-16)29-13-21(23)22-30(24,25)18-8-9-19(27-2)20(12-18)28-3/h4-12H,13H2,1-3H3,(H,22,23). The van der Waals surface area contributed by atoms with Crippen LogP contribution in [0, 0.1) is 0 Å². The molecule has 0 unspecified atom stereocenters. The van der Waals surface area contributed by atoms with Crippen molar-refractivity contribution in [1.29, 1.82) is 0 Å². The Morgan fingerprint density at radius 1 is 0.800 bits per heavy atom. The van der Waals surface area contributed by atoms with Gasteiger partial charge in [0.25, 0.3) is 15.9 Å². The summed E-state index contributed by atoms with van der Waals surface area (Å²) in [5.41, 5.74) is 0. The average molecular weight is 431 g/mol.